The maximum atomic E-state index is 10.8. The Morgan fingerprint density at radius 3 is 1.64 bits per heavy atom. The molecule has 0 rings (SSSR count). The molecule has 0 aromatic heterocycles. The van der Waals surface area contributed by atoms with E-state index >= 15 is 0 Å². The van der Waals surface area contributed by atoms with Gasteiger partial charge in [0.2, 0.25) is 11.8 Å². The zero-order valence-corrected chi connectivity index (χ0v) is 16.0. The first-order chi connectivity index (χ1) is 10.2. The highest BCUT2D eigenvalue weighted by atomic mass is 16.2. The highest BCUT2D eigenvalue weighted by Gasteiger charge is 2.00. The summed E-state index contributed by atoms with van der Waals surface area (Å²) < 4.78 is 0. The number of nitrogens with one attached hydrogen (secondary N) is 2. The van der Waals surface area contributed by atoms with Crippen LogP contribution in [0, 0.1) is 5.92 Å². The first kappa shape index (κ1) is 28.6. The Bertz CT molecular complexity index is 245. The summed E-state index contributed by atoms with van der Waals surface area (Å²) in [7, 11) is 0. The summed E-state index contributed by atoms with van der Waals surface area (Å²) in [5.74, 6) is 0.0467. The molecule has 0 unspecified atom stereocenters. The standard InChI is InChI=1S/C7H13N3O2.C5H12.C3H8.C2H6/c1-5(2)9-4-7(12)10-3-6(8)11;1-4-5(2)3;1-3-2;1-2/h9H,1,3-4H2,2H3,(H2,8,11)(H,10,12);5H,4H2,1-3H3;3H2,1-2H3;1-2H3. The molecule has 0 aromatic rings. The molecule has 0 aromatic carbocycles. The van der Waals surface area contributed by atoms with E-state index in [1.807, 2.05) is 13.8 Å². The Morgan fingerprint density at radius 1 is 1.05 bits per heavy atom. The number of hydrogen-bond donors (Lipinski definition) is 3. The summed E-state index contributed by atoms with van der Waals surface area (Å²) >= 11 is 0. The highest BCUT2D eigenvalue weighted by molar-refractivity contribution is 5.84. The third kappa shape index (κ3) is 51.4. The van der Waals surface area contributed by atoms with Crippen molar-refractivity contribution in [1.29, 1.82) is 0 Å². The summed E-state index contributed by atoms with van der Waals surface area (Å²) in [6, 6.07) is 0. The van der Waals surface area contributed by atoms with Crippen molar-refractivity contribution < 1.29 is 9.59 Å². The van der Waals surface area contributed by atoms with Crippen LogP contribution in [0.1, 0.15) is 68.2 Å². The molecule has 22 heavy (non-hydrogen) atoms. The summed E-state index contributed by atoms with van der Waals surface area (Å²) in [6.45, 7) is 20.2. The topological polar surface area (TPSA) is 84.2 Å². The lowest BCUT2D eigenvalue weighted by molar-refractivity contribution is -0.124. The summed E-state index contributed by atoms with van der Waals surface area (Å²) in [6.07, 6.45) is 2.56. The number of primary amides is 1. The fourth-order valence-electron chi connectivity index (χ4n) is 0.479. The minimum absolute atomic E-state index is 0.114. The zero-order valence-electron chi connectivity index (χ0n) is 16.0. The van der Waals surface area contributed by atoms with Crippen LogP contribution in [-0.2, 0) is 9.59 Å². The zero-order chi connectivity index (χ0) is 18.6. The fourth-order valence-corrected chi connectivity index (χ4v) is 0.479. The van der Waals surface area contributed by atoms with Gasteiger partial charge in [0.25, 0.3) is 0 Å². The fraction of sp³-hybridized carbons (Fsp3) is 0.765. The van der Waals surface area contributed by atoms with E-state index in [4.69, 9.17) is 5.73 Å². The van der Waals surface area contributed by atoms with Crippen molar-refractivity contribution in [3.63, 3.8) is 0 Å². The van der Waals surface area contributed by atoms with Crippen molar-refractivity contribution in [3.8, 4) is 0 Å². The number of hydrogen-bond acceptors (Lipinski definition) is 3. The third-order valence-corrected chi connectivity index (χ3v) is 1.83. The van der Waals surface area contributed by atoms with Gasteiger partial charge in [-0.05, 0) is 12.8 Å². The number of allylic oxidation sites excluding steroid dienone is 1. The molecule has 0 spiro atoms. The van der Waals surface area contributed by atoms with Crippen molar-refractivity contribution in [3.05, 3.63) is 12.3 Å². The molecule has 2 amide bonds. The predicted molar refractivity (Wildman–Crippen MR) is 97.5 cm³/mol. The van der Waals surface area contributed by atoms with Crippen molar-refractivity contribution in [1.82, 2.24) is 10.6 Å². The van der Waals surface area contributed by atoms with Crippen LogP contribution in [-0.4, -0.2) is 24.9 Å². The van der Waals surface area contributed by atoms with Gasteiger partial charge >= 0.3 is 0 Å². The van der Waals surface area contributed by atoms with Crippen LogP contribution in [0.4, 0.5) is 0 Å². The maximum Gasteiger partial charge on any atom is 0.239 e. The van der Waals surface area contributed by atoms with Gasteiger partial charge < -0.3 is 16.4 Å². The Morgan fingerprint density at radius 2 is 1.41 bits per heavy atom. The molecular formula is C17H39N3O2. The first-order valence-corrected chi connectivity index (χ1v) is 8.15. The summed E-state index contributed by atoms with van der Waals surface area (Å²) in [5, 5.41) is 5.03. The summed E-state index contributed by atoms with van der Waals surface area (Å²) in [4.78, 5) is 21.0. The van der Waals surface area contributed by atoms with Crippen LogP contribution < -0.4 is 16.4 Å². The Labute approximate surface area is 138 Å². The SMILES string of the molecule is C=C(C)NCC(=O)NCC(N)=O.CC.CCC.CCC(C)C. The van der Waals surface area contributed by atoms with Gasteiger partial charge in [-0.15, -0.1) is 0 Å². The molecule has 5 heteroatoms. The average Bonchev–Trinajstić information content (AvgIpc) is 2.46. The molecule has 4 N–H and O–H groups in total. The van der Waals surface area contributed by atoms with E-state index in [9.17, 15) is 9.59 Å². The minimum Gasteiger partial charge on any atom is -0.380 e. The second kappa shape index (κ2) is 24.5. The Balaban J connectivity index is -0.000000134. The van der Waals surface area contributed by atoms with Crippen molar-refractivity contribution in [2.45, 2.75) is 68.2 Å². The van der Waals surface area contributed by atoms with E-state index in [-0.39, 0.29) is 19.0 Å². The van der Waals surface area contributed by atoms with Crippen LogP contribution in [0.2, 0.25) is 0 Å². The van der Waals surface area contributed by atoms with E-state index < -0.39 is 5.91 Å². The number of carbonyl (C=O) groups excluding carboxylic acids is 2. The van der Waals surface area contributed by atoms with Gasteiger partial charge in [-0.3, -0.25) is 9.59 Å². The predicted octanol–water partition coefficient (Wildman–Crippen LogP) is 3.21. The molecule has 0 saturated heterocycles. The lowest BCUT2D eigenvalue weighted by Crippen LogP contribution is -2.38. The molecule has 0 radical (unpaired) electrons. The Hall–Kier alpha value is -1.52. The van der Waals surface area contributed by atoms with Gasteiger partial charge in [0.1, 0.15) is 0 Å². The molecule has 0 bridgehead atoms. The van der Waals surface area contributed by atoms with E-state index in [2.05, 4.69) is 51.8 Å². The number of nitrogens with two attached hydrogens (primary N) is 1. The van der Waals surface area contributed by atoms with Gasteiger partial charge in [0, 0.05) is 5.70 Å². The molecule has 0 aliphatic rings. The van der Waals surface area contributed by atoms with E-state index in [0.717, 1.165) is 5.92 Å². The second-order valence-electron chi connectivity index (χ2n) is 4.89. The molecule has 0 heterocycles. The molecule has 5 nitrogen and oxygen atoms in total. The van der Waals surface area contributed by atoms with E-state index in [1.165, 1.54) is 12.8 Å². The third-order valence-electron chi connectivity index (χ3n) is 1.83. The van der Waals surface area contributed by atoms with Crippen molar-refractivity contribution in [2.75, 3.05) is 13.1 Å². The van der Waals surface area contributed by atoms with Crippen LogP contribution in [0.15, 0.2) is 12.3 Å². The van der Waals surface area contributed by atoms with Gasteiger partial charge in [0.15, 0.2) is 0 Å². The molecule has 0 saturated carbocycles. The van der Waals surface area contributed by atoms with Gasteiger partial charge in [-0.2, -0.15) is 0 Å². The monoisotopic (exact) mass is 317 g/mol. The smallest absolute Gasteiger partial charge is 0.239 e. The lowest BCUT2D eigenvalue weighted by atomic mass is 10.2. The maximum absolute atomic E-state index is 10.8. The normalized spacial score (nSPS) is 8.05. The lowest BCUT2D eigenvalue weighted by Gasteiger charge is -2.04. The van der Waals surface area contributed by atoms with Crippen LogP contribution in [0.5, 0.6) is 0 Å². The largest absolute Gasteiger partial charge is 0.380 e. The van der Waals surface area contributed by atoms with Crippen molar-refractivity contribution >= 4 is 11.8 Å². The van der Waals surface area contributed by atoms with Gasteiger partial charge in [-0.1, -0.05) is 67.9 Å². The van der Waals surface area contributed by atoms with Crippen LogP contribution in [0.25, 0.3) is 0 Å². The number of amides is 2. The quantitative estimate of drug-likeness (QED) is 0.703. The molecule has 0 atom stereocenters. The first-order valence-electron chi connectivity index (χ1n) is 8.15. The second-order valence-corrected chi connectivity index (χ2v) is 4.89. The van der Waals surface area contributed by atoms with Gasteiger partial charge in [-0.25, -0.2) is 0 Å². The number of carbonyl (C=O) groups is 2. The number of rotatable bonds is 6. The van der Waals surface area contributed by atoms with E-state index in [0.29, 0.717) is 5.70 Å². The Kier molecular flexibility index (Phi) is 31.9. The molecule has 0 fully saturated rings. The highest BCUT2D eigenvalue weighted by Crippen LogP contribution is 1.93. The molecular weight excluding hydrogens is 278 g/mol. The van der Waals surface area contributed by atoms with E-state index in [1.54, 1.807) is 6.92 Å². The minimum atomic E-state index is -0.557. The van der Waals surface area contributed by atoms with Crippen molar-refractivity contribution in [2.24, 2.45) is 11.7 Å². The molecule has 0 aliphatic heterocycles. The van der Waals surface area contributed by atoms with Crippen LogP contribution in [0.3, 0.4) is 0 Å². The van der Waals surface area contributed by atoms with Crippen LogP contribution >= 0.6 is 0 Å². The average molecular weight is 318 g/mol. The van der Waals surface area contributed by atoms with Gasteiger partial charge in [0.05, 0.1) is 13.1 Å². The molecule has 134 valence electrons. The summed E-state index contributed by atoms with van der Waals surface area (Å²) in [5.41, 5.74) is 5.50. The molecule has 0 aliphatic carbocycles.